The molecule has 76 valence electrons. The molecule has 1 aliphatic carbocycles. The minimum Gasteiger partial charge on any atom is -0.322 e. The standard InChI is InChI=1S/C13H13NO/c1-9-4-3-5-11(7-6-9)12-8-13(15)14-10(12)2/h4-8H,2-3H2,1H3,(H,14,15). The van der Waals surface area contributed by atoms with Crippen LogP contribution in [0.1, 0.15) is 13.3 Å². The molecule has 0 atom stereocenters. The van der Waals surface area contributed by atoms with Gasteiger partial charge in [-0.15, -0.1) is 0 Å². The zero-order valence-electron chi connectivity index (χ0n) is 8.71. The van der Waals surface area contributed by atoms with Crippen LogP contribution in [0.3, 0.4) is 0 Å². The van der Waals surface area contributed by atoms with Crippen molar-refractivity contribution in [1.29, 1.82) is 0 Å². The molecule has 0 radical (unpaired) electrons. The van der Waals surface area contributed by atoms with Crippen LogP contribution in [-0.2, 0) is 4.79 Å². The van der Waals surface area contributed by atoms with Crippen LogP contribution in [0.15, 0.2) is 59.4 Å². The summed E-state index contributed by atoms with van der Waals surface area (Å²) in [5, 5.41) is 2.68. The molecule has 2 heteroatoms. The van der Waals surface area contributed by atoms with Crippen molar-refractivity contribution in [3.63, 3.8) is 0 Å². The number of nitrogens with one attached hydrogen (secondary N) is 1. The molecule has 0 aromatic heterocycles. The molecule has 15 heavy (non-hydrogen) atoms. The van der Waals surface area contributed by atoms with E-state index in [1.165, 1.54) is 5.57 Å². The summed E-state index contributed by atoms with van der Waals surface area (Å²) in [6.07, 6.45) is 10.8. The predicted octanol–water partition coefficient (Wildman–Crippen LogP) is 2.39. The van der Waals surface area contributed by atoms with Crippen LogP contribution in [0.4, 0.5) is 0 Å². The zero-order chi connectivity index (χ0) is 10.8. The molecule has 0 spiro atoms. The quantitative estimate of drug-likeness (QED) is 0.690. The Morgan fingerprint density at radius 2 is 2.13 bits per heavy atom. The maximum atomic E-state index is 11.1. The molecule has 1 amide bonds. The Kier molecular flexibility index (Phi) is 2.42. The van der Waals surface area contributed by atoms with E-state index in [2.05, 4.69) is 37.0 Å². The minimum atomic E-state index is -0.0850. The Morgan fingerprint density at radius 3 is 2.80 bits per heavy atom. The number of hydrogen-bond donors (Lipinski definition) is 1. The molecular weight excluding hydrogens is 186 g/mol. The summed E-state index contributed by atoms with van der Waals surface area (Å²) >= 11 is 0. The van der Waals surface area contributed by atoms with Crippen molar-refractivity contribution in [2.24, 2.45) is 0 Å². The van der Waals surface area contributed by atoms with Gasteiger partial charge in [0.25, 0.3) is 0 Å². The molecule has 1 aliphatic heterocycles. The van der Waals surface area contributed by atoms with E-state index in [9.17, 15) is 4.79 Å². The number of rotatable bonds is 1. The third-order valence-electron chi connectivity index (χ3n) is 2.49. The third-order valence-corrected chi connectivity index (χ3v) is 2.49. The molecule has 0 unspecified atom stereocenters. The summed E-state index contributed by atoms with van der Waals surface area (Å²) in [6, 6.07) is 0. The van der Waals surface area contributed by atoms with Gasteiger partial charge in [-0.25, -0.2) is 0 Å². The second kappa shape index (κ2) is 3.73. The first-order valence-electron chi connectivity index (χ1n) is 4.94. The van der Waals surface area contributed by atoms with Crippen molar-refractivity contribution in [1.82, 2.24) is 5.32 Å². The number of carbonyl (C=O) groups excluding carboxylic acids is 1. The molecule has 0 fully saturated rings. The number of carbonyl (C=O) groups is 1. The normalized spacial score (nSPS) is 20.5. The molecule has 0 saturated carbocycles. The Morgan fingerprint density at radius 1 is 1.33 bits per heavy atom. The SMILES string of the molecule is C=C1NC(=O)C=C1C1=CCC=C(C)C=C1. The summed E-state index contributed by atoms with van der Waals surface area (Å²) in [4.78, 5) is 11.1. The van der Waals surface area contributed by atoms with Crippen LogP contribution in [0.5, 0.6) is 0 Å². The number of hydrogen-bond acceptors (Lipinski definition) is 1. The van der Waals surface area contributed by atoms with Crippen LogP contribution in [0.25, 0.3) is 0 Å². The average molecular weight is 199 g/mol. The summed E-state index contributed by atoms with van der Waals surface area (Å²) in [5.74, 6) is -0.0850. The molecule has 2 nitrogen and oxygen atoms in total. The first-order chi connectivity index (χ1) is 7.16. The van der Waals surface area contributed by atoms with Crippen molar-refractivity contribution in [2.75, 3.05) is 0 Å². The second-order valence-corrected chi connectivity index (χ2v) is 3.70. The Balaban J connectivity index is 2.30. The summed E-state index contributed by atoms with van der Waals surface area (Å²) in [5.41, 5.74) is 3.89. The predicted molar refractivity (Wildman–Crippen MR) is 61.0 cm³/mol. The van der Waals surface area contributed by atoms with Gasteiger partial charge in [-0.2, -0.15) is 0 Å². The van der Waals surface area contributed by atoms with Gasteiger partial charge in [0.05, 0.1) is 0 Å². The van der Waals surface area contributed by atoms with Gasteiger partial charge >= 0.3 is 0 Å². The van der Waals surface area contributed by atoms with Gasteiger partial charge in [0.2, 0.25) is 5.91 Å². The minimum absolute atomic E-state index is 0.0850. The van der Waals surface area contributed by atoms with Crippen molar-refractivity contribution in [2.45, 2.75) is 13.3 Å². The molecule has 2 aliphatic rings. The van der Waals surface area contributed by atoms with Crippen LogP contribution in [0.2, 0.25) is 0 Å². The molecule has 0 saturated heterocycles. The van der Waals surface area contributed by atoms with E-state index in [0.717, 1.165) is 17.6 Å². The average Bonchev–Trinajstić information content (AvgIpc) is 2.39. The van der Waals surface area contributed by atoms with Crippen LogP contribution in [-0.4, -0.2) is 5.91 Å². The fourth-order valence-corrected chi connectivity index (χ4v) is 1.66. The highest BCUT2D eigenvalue weighted by molar-refractivity contribution is 5.96. The van der Waals surface area contributed by atoms with E-state index < -0.39 is 0 Å². The summed E-state index contributed by atoms with van der Waals surface area (Å²) in [6.45, 7) is 5.88. The van der Waals surface area contributed by atoms with Crippen LogP contribution >= 0.6 is 0 Å². The van der Waals surface area contributed by atoms with Gasteiger partial charge in [0.1, 0.15) is 0 Å². The highest BCUT2D eigenvalue weighted by Gasteiger charge is 2.17. The monoisotopic (exact) mass is 199 g/mol. The summed E-state index contributed by atoms with van der Waals surface area (Å²) < 4.78 is 0. The van der Waals surface area contributed by atoms with E-state index in [1.54, 1.807) is 6.08 Å². The highest BCUT2D eigenvalue weighted by atomic mass is 16.1. The zero-order valence-corrected chi connectivity index (χ0v) is 8.71. The van der Waals surface area contributed by atoms with Crippen molar-refractivity contribution in [3.8, 4) is 0 Å². The number of allylic oxidation sites excluding steroid dienone is 6. The fraction of sp³-hybridized carbons (Fsp3) is 0.154. The largest absolute Gasteiger partial charge is 0.322 e. The van der Waals surface area contributed by atoms with E-state index in [4.69, 9.17) is 0 Å². The van der Waals surface area contributed by atoms with Gasteiger partial charge in [0.15, 0.2) is 0 Å². The summed E-state index contributed by atoms with van der Waals surface area (Å²) in [7, 11) is 0. The lowest BCUT2D eigenvalue weighted by atomic mass is 10.0. The van der Waals surface area contributed by atoms with Gasteiger partial charge in [-0.1, -0.05) is 36.5 Å². The van der Waals surface area contributed by atoms with E-state index in [-0.39, 0.29) is 5.91 Å². The van der Waals surface area contributed by atoms with Crippen molar-refractivity contribution < 1.29 is 4.79 Å². The Labute approximate surface area is 89.4 Å². The topological polar surface area (TPSA) is 29.1 Å². The first kappa shape index (κ1) is 9.71. The van der Waals surface area contributed by atoms with E-state index in [1.807, 2.05) is 6.08 Å². The Bertz CT molecular complexity index is 447. The molecular formula is C13H13NO. The molecule has 1 N–H and O–H groups in total. The molecule has 1 heterocycles. The smallest absolute Gasteiger partial charge is 0.249 e. The van der Waals surface area contributed by atoms with Gasteiger partial charge < -0.3 is 5.32 Å². The maximum absolute atomic E-state index is 11.1. The maximum Gasteiger partial charge on any atom is 0.249 e. The fourth-order valence-electron chi connectivity index (χ4n) is 1.66. The third kappa shape index (κ3) is 1.99. The van der Waals surface area contributed by atoms with Gasteiger partial charge in [-0.05, 0) is 18.9 Å². The van der Waals surface area contributed by atoms with Crippen molar-refractivity contribution >= 4 is 5.91 Å². The lowest BCUT2D eigenvalue weighted by Gasteiger charge is -2.03. The number of amides is 1. The molecule has 0 bridgehead atoms. The van der Waals surface area contributed by atoms with Crippen LogP contribution < -0.4 is 5.32 Å². The van der Waals surface area contributed by atoms with Crippen LogP contribution in [0, 0.1) is 0 Å². The molecule has 0 aromatic rings. The highest BCUT2D eigenvalue weighted by Crippen LogP contribution is 2.24. The first-order valence-corrected chi connectivity index (χ1v) is 4.94. The lowest BCUT2D eigenvalue weighted by molar-refractivity contribution is -0.115. The molecule has 2 rings (SSSR count). The van der Waals surface area contributed by atoms with Crippen molar-refractivity contribution in [3.05, 3.63) is 59.4 Å². The second-order valence-electron chi connectivity index (χ2n) is 3.70. The Hall–Kier alpha value is -1.83. The van der Waals surface area contributed by atoms with Gasteiger partial charge in [0, 0.05) is 17.3 Å². The lowest BCUT2D eigenvalue weighted by Crippen LogP contribution is -2.12. The molecule has 0 aromatic carbocycles. The van der Waals surface area contributed by atoms with Gasteiger partial charge in [-0.3, -0.25) is 4.79 Å². The van der Waals surface area contributed by atoms with E-state index in [0.29, 0.717) is 5.70 Å². The van der Waals surface area contributed by atoms with E-state index >= 15 is 0 Å².